The van der Waals surface area contributed by atoms with Gasteiger partial charge in [0.2, 0.25) is 0 Å². The van der Waals surface area contributed by atoms with Crippen molar-refractivity contribution in [2.75, 3.05) is 14.2 Å². The smallest absolute Gasteiger partial charge is 0.305 e. The van der Waals surface area contributed by atoms with Gasteiger partial charge in [-0.15, -0.1) is 0 Å². The maximum absolute atomic E-state index is 11.3. The molecule has 0 amide bonds. The van der Waals surface area contributed by atoms with Crippen LogP contribution in [-0.2, 0) is 22.6 Å². The Kier molecular flexibility index (Phi) is 5.83. The van der Waals surface area contributed by atoms with Crippen LogP contribution < -0.4 is 9.47 Å². The van der Waals surface area contributed by atoms with E-state index in [1.165, 1.54) is 7.11 Å². The monoisotopic (exact) mass is 300 g/mol. The number of ether oxygens (including phenoxy) is 3. The Hall–Kier alpha value is -2.49. The minimum Gasteiger partial charge on any atom is -0.496 e. The van der Waals surface area contributed by atoms with Crippen molar-refractivity contribution < 1.29 is 19.0 Å². The van der Waals surface area contributed by atoms with Crippen LogP contribution in [-0.4, -0.2) is 20.2 Å². The zero-order chi connectivity index (χ0) is 15.8. The largest absolute Gasteiger partial charge is 0.496 e. The van der Waals surface area contributed by atoms with Gasteiger partial charge in [-0.3, -0.25) is 4.79 Å². The van der Waals surface area contributed by atoms with E-state index in [2.05, 4.69) is 4.74 Å². The molecule has 0 aliphatic heterocycles. The number of carbonyl (C=O) groups excluding carboxylic acids is 1. The summed E-state index contributed by atoms with van der Waals surface area (Å²) in [5.74, 6) is 1.26. The van der Waals surface area contributed by atoms with E-state index in [4.69, 9.17) is 9.47 Å². The Bertz CT molecular complexity index is 608. The molecular weight excluding hydrogens is 280 g/mol. The van der Waals surface area contributed by atoms with E-state index in [-0.39, 0.29) is 5.97 Å². The number of aryl methyl sites for hydroxylation is 1. The SMILES string of the molecule is COC(=O)CCc1cc(OCc2ccccc2)ccc1OC. The Labute approximate surface area is 130 Å². The van der Waals surface area contributed by atoms with E-state index in [1.54, 1.807) is 7.11 Å². The van der Waals surface area contributed by atoms with Gasteiger partial charge in [0.05, 0.1) is 14.2 Å². The van der Waals surface area contributed by atoms with Crippen LogP contribution in [0.1, 0.15) is 17.5 Å². The molecule has 0 saturated heterocycles. The molecule has 4 heteroatoms. The molecule has 0 bridgehead atoms. The first-order valence-corrected chi connectivity index (χ1v) is 7.13. The van der Waals surface area contributed by atoms with Gasteiger partial charge in [-0.1, -0.05) is 30.3 Å². The highest BCUT2D eigenvalue weighted by molar-refractivity contribution is 5.69. The first kappa shape index (κ1) is 15.9. The predicted octanol–water partition coefficient (Wildman–Crippen LogP) is 3.38. The Morgan fingerprint density at radius 1 is 1.05 bits per heavy atom. The van der Waals surface area contributed by atoms with Gasteiger partial charge in [-0.05, 0) is 35.7 Å². The van der Waals surface area contributed by atoms with E-state index in [0.29, 0.717) is 19.4 Å². The van der Waals surface area contributed by atoms with Crippen molar-refractivity contribution in [3.8, 4) is 11.5 Å². The van der Waals surface area contributed by atoms with Gasteiger partial charge in [0, 0.05) is 6.42 Å². The first-order valence-electron chi connectivity index (χ1n) is 7.13. The average Bonchev–Trinajstić information content (AvgIpc) is 2.58. The fraction of sp³-hybridized carbons (Fsp3) is 0.278. The molecule has 0 atom stereocenters. The third-order valence-corrected chi connectivity index (χ3v) is 3.33. The maximum Gasteiger partial charge on any atom is 0.305 e. The van der Waals surface area contributed by atoms with Crippen LogP contribution in [0.4, 0.5) is 0 Å². The summed E-state index contributed by atoms with van der Waals surface area (Å²) in [5, 5.41) is 0. The summed E-state index contributed by atoms with van der Waals surface area (Å²) in [4.78, 5) is 11.3. The normalized spacial score (nSPS) is 10.1. The molecule has 2 rings (SSSR count). The number of benzene rings is 2. The zero-order valence-corrected chi connectivity index (χ0v) is 12.9. The summed E-state index contributed by atoms with van der Waals surface area (Å²) in [6.45, 7) is 0.504. The summed E-state index contributed by atoms with van der Waals surface area (Å²) >= 11 is 0. The summed E-state index contributed by atoms with van der Waals surface area (Å²) in [5.41, 5.74) is 2.04. The van der Waals surface area contributed by atoms with E-state index in [1.807, 2.05) is 48.5 Å². The highest BCUT2D eigenvalue weighted by Gasteiger charge is 2.08. The molecule has 22 heavy (non-hydrogen) atoms. The molecule has 2 aromatic rings. The number of rotatable bonds is 7. The van der Waals surface area contributed by atoms with E-state index in [0.717, 1.165) is 22.6 Å². The van der Waals surface area contributed by atoms with E-state index in [9.17, 15) is 4.79 Å². The minimum atomic E-state index is -0.238. The number of methoxy groups -OCH3 is 2. The minimum absolute atomic E-state index is 0.238. The lowest BCUT2D eigenvalue weighted by atomic mass is 10.1. The summed E-state index contributed by atoms with van der Waals surface area (Å²) in [7, 11) is 3.00. The number of esters is 1. The van der Waals surface area contributed by atoms with Crippen molar-refractivity contribution >= 4 is 5.97 Å². The first-order chi connectivity index (χ1) is 10.7. The third kappa shape index (κ3) is 4.52. The fourth-order valence-electron chi connectivity index (χ4n) is 2.12. The van der Waals surface area contributed by atoms with Gasteiger partial charge in [-0.2, -0.15) is 0 Å². The lowest BCUT2D eigenvalue weighted by Gasteiger charge is -2.12. The standard InChI is InChI=1S/C18H20O4/c1-20-17-10-9-16(12-15(17)8-11-18(19)21-2)22-13-14-6-4-3-5-7-14/h3-7,9-10,12H,8,11,13H2,1-2H3. The highest BCUT2D eigenvalue weighted by Crippen LogP contribution is 2.26. The van der Waals surface area contributed by atoms with Crippen molar-refractivity contribution in [3.63, 3.8) is 0 Å². The number of hydrogen-bond acceptors (Lipinski definition) is 4. The predicted molar refractivity (Wildman–Crippen MR) is 84.1 cm³/mol. The van der Waals surface area contributed by atoms with Crippen LogP contribution >= 0.6 is 0 Å². The second kappa shape index (κ2) is 8.08. The van der Waals surface area contributed by atoms with E-state index >= 15 is 0 Å². The summed E-state index contributed by atoms with van der Waals surface area (Å²) < 4.78 is 15.8. The number of carbonyl (C=O) groups is 1. The lowest BCUT2D eigenvalue weighted by molar-refractivity contribution is -0.140. The Morgan fingerprint density at radius 2 is 1.82 bits per heavy atom. The van der Waals surface area contributed by atoms with Crippen molar-refractivity contribution in [1.29, 1.82) is 0 Å². The molecule has 0 aliphatic rings. The number of hydrogen-bond donors (Lipinski definition) is 0. The summed E-state index contributed by atoms with van der Waals surface area (Å²) in [6, 6.07) is 15.6. The van der Waals surface area contributed by atoms with Gasteiger partial charge in [-0.25, -0.2) is 0 Å². The van der Waals surface area contributed by atoms with Crippen molar-refractivity contribution in [3.05, 3.63) is 59.7 Å². The molecule has 0 unspecified atom stereocenters. The molecule has 0 fully saturated rings. The molecule has 0 spiro atoms. The van der Waals surface area contributed by atoms with Crippen LogP contribution in [0.3, 0.4) is 0 Å². The van der Waals surface area contributed by atoms with Gasteiger partial charge >= 0.3 is 5.97 Å². The highest BCUT2D eigenvalue weighted by atomic mass is 16.5. The van der Waals surface area contributed by atoms with Crippen LogP contribution in [0.25, 0.3) is 0 Å². The Morgan fingerprint density at radius 3 is 2.50 bits per heavy atom. The molecule has 0 heterocycles. The quantitative estimate of drug-likeness (QED) is 0.735. The molecule has 2 aromatic carbocycles. The van der Waals surface area contributed by atoms with E-state index < -0.39 is 0 Å². The summed E-state index contributed by atoms with van der Waals surface area (Å²) in [6.07, 6.45) is 0.868. The van der Waals surface area contributed by atoms with Gasteiger partial charge in [0.1, 0.15) is 18.1 Å². The molecule has 4 nitrogen and oxygen atoms in total. The molecule has 0 saturated carbocycles. The molecule has 0 radical (unpaired) electrons. The van der Waals surface area contributed by atoms with Gasteiger partial charge < -0.3 is 14.2 Å². The Balaban J connectivity index is 2.04. The molecule has 116 valence electrons. The maximum atomic E-state index is 11.3. The molecular formula is C18H20O4. The van der Waals surface area contributed by atoms with Crippen molar-refractivity contribution in [2.45, 2.75) is 19.4 Å². The molecule has 0 aromatic heterocycles. The zero-order valence-electron chi connectivity index (χ0n) is 12.9. The molecule has 0 aliphatic carbocycles. The van der Waals surface area contributed by atoms with Crippen LogP contribution in [0.2, 0.25) is 0 Å². The third-order valence-electron chi connectivity index (χ3n) is 3.33. The van der Waals surface area contributed by atoms with Crippen molar-refractivity contribution in [2.24, 2.45) is 0 Å². The second-order valence-corrected chi connectivity index (χ2v) is 4.82. The van der Waals surface area contributed by atoms with Crippen molar-refractivity contribution in [1.82, 2.24) is 0 Å². The van der Waals surface area contributed by atoms with Gasteiger partial charge in [0.25, 0.3) is 0 Å². The van der Waals surface area contributed by atoms with Crippen LogP contribution in [0.5, 0.6) is 11.5 Å². The lowest BCUT2D eigenvalue weighted by Crippen LogP contribution is -2.03. The topological polar surface area (TPSA) is 44.8 Å². The fourth-order valence-corrected chi connectivity index (χ4v) is 2.12. The van der Waals surface area contributed by atoms with Crippen LogP contribution in [0.15, 0.2) is 48.5 Å². The van der Waals surface area contributed by atoms with Crippen LogP contribution in [0, 0.1) is 0 Å². The second-order valence-electron chi connectivity index (χ2n) is 4.82. The molecule has 0 N–H and O–H groups in total. The average molecular weight is 300 g/mol. The van der Waals surface area contributed by atoms with Gasteiger partial charge in [0.15, 0.2) is 0 Å².